The first-order valence-corrected chi connectivity index (χ1v) is 6.83. The lowest BCUT2D eigenvalue weighted by Gasteiger charge is -2.08. The average molecular weight is 285 g/mol. The standard InChI is InChI=1S/C11H12FN3O3S/c1-7-4-9(5-10(13)11(7)12)19(16,17)14-6-8-2-3-18-15-8/h2-5,14H,6,13H2,1H3. The van der Waals surface area contributed by atoms with Crippen molar-refractivity contribution in [3.8, 4) is 0 Å². The second kappa shape index (κ2) is 4.98. The van der Waals surface area contributed by atoms with E-state index in [0.29, 0.717) is 5.69 Å². The zero-order valence-electron chi connectivity index (χ0n) is 10.1. The van der Waals surface area contributed by atoms with Gasteiger partial charge in [-0.3, -0.25) is 0 Å². The van der Waals surface area contributed by atoms with Crippen molar-refractivity contribution >= 4 is 15.7 Å². The Morgan fingerprint density at radius 2 is 2.21 bits per heavy atom. The molecule has 0 bridgehead atoms. The van der Waals surface area contributed by atoms with Crippen molar-refractivity contribution < 1.29 is 17.3 Å². The van der Waals surface area contributed by atoms with Crippen LogP contribution in [0.2, 0.25) is 0 Å². The molecule has 0 aliphatic heterocycles. The minimum atomic E-state index is -3.78. The number of nitrogens with one attached hydrogen (secondary N) is 1. The second-order valence-corrected chi connectivity index (χ2v) is 5.73. The van der Waals surface area contributed by atoms with Gasteiger partial charge in [-0.1, -0.05) is 5.16 Å². The van der Waals surface area contributed by atoms with Gasteiger partial charge in [-0.25, -0.2) is 17.5 Å². The smallest absolute Gasteiger partial charge is 0.241 e. The molecule has 1 aromatic heterocycles. The van der Waals surface area contributed by atoms with Crippen molar-refractivity contribution in [2.24, 2.45) is 0 Å². The molecule has 19 heavy (non-hydrogen) atoms. The van der Waals surface area contributed by atoms with Crippen molar-refractivity contribution in [3.63, 3.8) is 0 Å². The van der Waals surface area contributed by atoms with Crippen LogP contribution in [0.5, 0.6) is 0 Å². The lowest BCUT2D eigenvalue weighted by molar-refractivity contribution is 0.411. The Labute approximate surface area is 109 Å². The third kappa shape index (κ3) is 2.91. The second-order valence-electron chi connectivity index (χ2n) is 3.96. The molecule has 2 aromatic rings. The molecule has 1 heterocycles. The Morgan fingerprint density at radius 3 is 2.79 bits per heavy atom. The summed E-state index contributed by atoms with van der Waals surface area (Å²) in [7, 11) is -3.78. The number of nitrogens with two attached hydrogens (primary N) is 1. The normalized spacial score (nSPS) is 11.7. The molecular weight excluding hydrogens is 273 g/mol. The van der Waals surface area contributed by atoms with Gasteiger partial charge < -0.3 is 10.3 Å². The topological polar surface area (TPSA) is 98.2 Å². The predicted octanol–water partition coefficient (Wildman–Crippen LogP) is 1.18. The number of hydrogen-bond acceptors (Lipinski definition) is 5. The number of anilines is 1. The molecule has 0 aliphatic rings. The van der Waals surface area contributed by atoms with Gasteiger partial charge in [0.15, 0.2) is 0 Å². The molecule has 1 aromatic carbocycles. The van der Waals surface area contributed by atoms with E-state index < -0.39 is 15.8 Å². The third-order valence-electron chi connectivity index (χ3n) is 2.50. The lowest BCUT2D eigenvalue weighted by atomic mass is 10.2. The van der Waals surface area contributed by atoms with Crippen molar-refractivity contribution in [3.05, 3.63) is 41.5 Å². The van der Waals surface area contributed by atoms with Crippen molar-refractivity contribution in [1.82, 2.24) is 9.88 Å². The summed E-state index contributed by atoms with van der Waals surface area (Å²) in [6.07, 6.45) is 1.34. The van der Waals surface area contributed by atoms with E-state index in [0.717, 1.165) is 6.07 Å². The fourth-order valence-electron chi connectivity index (χ4n) is 1.50. The summed E-state index contributed by atoms with van der Waals surface area (Å²) in [5.41, 5.74) is 5.82. The molecule has 0 spiro atoms. The first-order chi connectivity index (χ1) is 8.90. The van der Waals surface area contributed by atoms with Gasteiger partial charge in [-0.05, 0) is 24.6 Å². The van der Waals surface area contributed by atoms with Gasteiger partial charge in [0, 0.05) is 6.07 Å². The van der Waals surface area contributed by atoms with Gasteiger partial charge in [-0.15, -0.1) is 0 Å². The highest BCUT2D eigenvalue weighted by atomic mass is 32.2. The molecule has 0 unspecified atom stereocenters. The molecule has 0 radical (unpaired) electrons. The van der Waals surface area contributed by atoms with Crippen LogP contribution in [0.4, 0.5) is 10.1 Å². The summed E-state index contributed by atoms with van der Waals surface area (Å²) in [4.78, 5) is -0.0904. The van der Waals surface area contributed by atoms with Gasteiger partial charge in [0.2, 0.25) is 10.0 Å². The summed E-state index contributed by atoms with van der Waals surface area (Å²) in [5, 5.41) is 3.58. The monoisotopic (exact) mass is 285 g/mol. The first-order valence-electron chi connectivity index (χ1n) is 5.34. The van der Waals surface area contributed by atoms with Crippen LogP contribution in [0.3, 0.4) is 0 Å². The van der Waals surface area contributed by atoms with Gasteiger partial charge in [0.25, 0.3) is 0 Å². The highest BCUT2D eigenvalue weighted by Crippen LogP contribution is 2.20. The molecule has 0 aliphatic carbocycles. The predicted molar refractivity (Wildman–Crippen MR) is 66.1 cm³/mol. The largest absolute Gasteiger partial charge is 0.396 e. The minimum Gasteiger partial charge on any atom is -0.396 e. The van der Waals surface area contributed by atoms with E-state index in [1.165, 1.54) is 25.3 Å². The third-order valence-corrected chi connectivity index (χ3v) is 3.88. The molecule has 6 nitrogen and oxygen atoms in total. The van der Waals surface area contributed by atoms with Crippen molar-refractivity contribution in [2.45, 2.75) is 18.4 Å². The maximum absolute atomic E-state index is 13.3. The van der Waals surface area contributed by atoms with E-state index in [4.69, 9.17) is 5.73 Å². The van der Waals surface area contributed by atoms with Gasteiger partial charge in [0.05, 0.1) is 22.8 Å². The zero-order valence-corrected chi connectivity index (χ0v) is 10.9. The van der Waals surface area contributed by atoms with E-state index in [9.17, 15) is 12.8 Å². The Balaban J connectivity index is 2.24. The fraction of sp³-hybridized carbons (Fsp3) is 0.182. The van der Waals surface area contributed by atoms with Crippen LogP contribution in [0.1, 0.15) is 11.3 Å². The van der Waals surface area contributed by atoms with Crippen LogP contribution < -0.4 is 10.5 Å². The Bertz CT molecular complexity index is 660. The molecule has 0 saturated heterocycles. The molecule has 8 heteroatoms. The SMILES string of the molecule is Cc1cc(S(=O)(=O)NCc2ccon2)cc(N)c1F. The number of halogens is 1. The highest BCUT2D eigenvalue weighted by molar-refractivity contribution is 7.89. The molecule has 102 valence electrons. The summed E-state index contributed by atoms with van der Waals surface area (Å²) < 4.78 is 44.2. The number of rotatable bonds is 4. The van der Waals surface area contributed by atoms with Crippen LogP contribution in [0.25, 0.3) is 0 Å². The Morgan fingerprint density at radius 1 is 1.47 bits per heavy atom. The minimum absolute atomic E-state index is 0.0187. The number of hydrogen-bond donors (Lipinski definition) is 2. The Hall–Kier alpha value is -1.93. The van der Waals surface area contributed by atoms with Crippen molar-refractivity contribution in [2.75, 3.05) is 5.73 Å². The molecule has 0 amide bonds. The number of nitrogen functional groups attached to an aromatic ring is 1. The van der Waals surface area contributed by atoms with E-state index >= 15 is 0 Å². The van der Waals surface area contributed by atoms with E-state index in [1.807, 2.05) is 0 Å². The van der Waals surface area contributed by atoms with Crippen LogP contribution in [0.15, 0.2) is 33.9 Å². The van der Waals surface area contributed by atoms with Crippen LogP contribution in [-0.4, -0.2) is 13.6 Å². The van der Waals surface area contributed by atoms with E-state index in [2.05, 4.69) is 14.4 Å². The van der Waals surface area contributed by atoms with Crippen molar-refractivity contribution in [1.29, 1.82) is 0 Å². The molecular formula is C11H12FN3O3S. The van der Waals surface area contributed by atoms with E-state index in [-0.39, 0.29) is 22.7 Å². The average Bonchev–Trinajstić information content (AvgIpc) is 2.86. The number of sulfonamides is 1. The number of aryl methyl sites for hydroxylation is 1. The fourth-order valence-corrected chi connectivity index (χ4v) is 2.62. The van der Waals surface area contributed by atoms with Gasteiger partial charge in [0.1, 0.15) is 12.1 Å². The summed E-state index contributed by atoms with van der Waals surface area (Å²) in [6.45, 7) is 1.43. The number of aromatic nitrogens is 1. The molecule has 0 fully saturated rings. The van der Waals surface area contributed by atoms with Crippen LogP contribution >= 0.6 is 0 Å². The van der Waals surface area contributed by atoms with Crippen LogP contribution in [-0.2, 0) is 16.6 Å². The maximum Gasteiger partial charge on any atom is 0.241 e. The van der Waals surface area contributed by atoms with Gasteiger partial charge >= 0.3 is 0 Å². The lowest BCUT2D eigenvalue weighted by Crippen LogP contribution is -2.23. The summed E-state index contributed by atoms with van der Waals surface area (Å²) >= 11 is 0. The first kappa shape index (κ1) is 13.5. The maximum atomic E-state index is 13.3. The Kier molecular flexibility index (Phi) is 3.54. The summed E-state index contributed by atoms with van der Waals surface area (Å²) in [5.74, 6) is -0.615. The van der Waals surface area contributed by atoms with Gasteiger partial charge in [-0.2, -0.15) is 0 Å². The molecule has 2 rings (SSSR count). The molecule has 0 atom stereocenters. The quantitative estimate of drug-likeness (QED) is 0.822. The highest BCUT2D eigenvalue weighted by Gasteiger charge is 2.17. The van der Waals surface area contributed by atoms with E-state index in [1.54, 1.807) is 0 Å². The summed E-state index contributed by atoms with van der Waals surface area (Å²) in [6, 6.07) is 3.83. The van der Waals surface area contributed by atoms with Crippen LogP contribution in [0, 0.1) is 12.7 Å². The molecule has 0 saturated carbocycles. The zero-order chi connectivity index (χ0) is 14.0. The number of benzene rings is 1. The number of nitrogens with zero attached hydrogens (tertiary/aromatic N) is 1. The molecule has 3 N–H and O–H groups in total.